The molecule has 0 saturated heterocycles. The molecule has 1 amide bonds. The molecule has 2 aromatic heterocycles. The summed E-state index contributed by atoms with van der Waals surface area (Å²) in [6, 6.07) is 15.6. The fourth-order valence-electron chi connectivity index (χ4n) is 3.27. The minimum Gasteiger partial charge on any atom is -0.305 e. The Morgan fingerprint density at radius 1 is 1.03 bits per heavy atom. The Balaban J connectivity index is 1.39. The van der Waals surface area contributed by atoms with Crippen molar-refractivity contribution in [3.05, 3.63) is 99.2 Å². The number of nitrogens with one attached hydrogen (secondary N) is 1. The third kappa shape index (κ3) is 4.74. The molecule has 0 unspecified atom stereocenters. The van der Waals surface area contributed by atoms with Gasteiger partial charge in [-0.25, -0.2) is 4.39 Å². The van der Waals surface area contributed by atoms with Crippen LogP contribution in [0.4, 0.5) is 10.2 Å². The molecule has 8 heteroatoms. The molecule has 0 saturated carbocycles. The first-order valence-corrected chi connectivity index (χ1v) is 10.6. The summed E-state index contributed by atoms with van der Waals surface area (Å²) in [4.78, 5) is 12.6. The molecule has 2 heterocycles. The average Bonchev–Trinajstić information content (AvgIpc) is 3.29. The van der Waals surface area contributed by atoms with Gasteiger partial charge < -0.3 is 5.32 Å². The lowest BCUT2D eigenvalue weighted by Crippen LogP contribution is -2.13. The van der Waals surface area contributed by atoms with Crippen molar-refractivity contribution in [2.24, 2.45) is 0 Å². The van der Waals surface area contributed by atoms with Gasteiger partial charge in [-0.15, -0.1) is 0 Å². The molecule has 4 aromatic rings. The maximum absolute atomic E-state index is 13.8. The zero-order valence-corrected chi connectivity index (χ0v) is 18.7. The maximum atomic E-state index is 13.8. The lowest BCUT2D eigenvalue weighted by molar-refractivity contribution is 0.102. The number of nitrogens with zero attached hydrogens (tertiary/aromatic N) is 4. The molecule has 1 N–H and O–H groups in total. The van der Waals surface area contributed by atoms with E-state index in [2.05, 4.69) is 31.4 Å². The van der Waals surface area contributed by atoms with E-state index in [1.807, 2.05) is 30.7 Å². The fraction of sp³-hybridized carbons (Fsp3) is 0.174. The van der Waals surface area contributed by atoms with Crippen LogP contribution in [-0.4, -0.2) is 25.5 Å². The second-order valence-electron chi connectivity index (χ2n) is 7.28. The molecule has 0 spiro atoms. The normalized spacial score (nSPS) is 11.0. The minimum atomic E-state index is -0.281. The second-order valence-corrected chi connectivity index (χ2v) is 8.08. The van der Waals surface area contributed by atoms with Crippen molar-refractivity contribution in [1.82, 2.24) is 19.6 Å². The van der Waals surface area contributed by atoms with Crippen LogP contribution in [0, 0.1) is 19.7 Å². The molecule has 31 heavy (non-hydrogen) atoms. The number of carbonyl (C=O) groups excluding carboxylic acids is 1. The number of hydrogen-bond acceptors (Lipinski definition) is 3. The SMILES string of the molecule is Cc1nn(Cc2ccc(C(=O)Nc3ccn(Cc4ccccc4F)n3)cc2)c(C)c1Br. The van der Waals surface area contributed by atoms with Gasteiger partial charge >= 0.3 is 0 Å². The molecule has 0 radical (unpaired) electrons. The summed E-state index contributed by atoms with van der Waals surface area (Å²) in [6.07, 6.45) is 1.71. The number of benzene rings is 2. The molecule has 158 valence electrons. The first-order valence-electron chi connectivity index (χ1n) is 9.77. The molecule has 6 nitrogen and oxygen atoms in total. The third-order valence-corrected chi connectivity index (χ3v) is 6.16. The summed E-state index contributed by atoms with van der Waals surface area (Å²) in [7, 11) is 0. The molecule has 0 bridgehead atoms. The van der Waals surface area contributed by atoms with Gasteiger partial charge in [-0.3, -0.25) is 14.2 Å². The summed E-state index contributed by atoms with van der Waals surface area (Å²) in [5.74, 6) is -0.119. The first-order chi connectivity index (χ1) is 14.9. The molecule has 0 aliphatic carbocycles. The average molecular weight is 482 g/mol. The van der Waals surface area contributed by atoms with Gasteiger partial charge in [-0.2, -0.15) is 10.2 Å². The number of halogens is 2. The highest BCUT2D eigenvalue weighted by molar-refractivity contribution is 9.10. The topological polar surface area (TPSA) is 64.7 Å². The summed E-state index contributed by atoms with van der Waals surface area (Å²) in [6.45, 7) is 4.89. The van der Waals surface area contributed by atoms with E-state index in [1.165, 1.54) is 6.07 Å². The highest BCUT2D eigenvalue weighted by Gasteiger charge is 2.11. The second kappa shape index (κ2) is 8.85. The smallest absolute Gasteiger partial charge is 0.256 e. The van der Waals surface area contributed by atoms with Crippen LogP contribution < -0.4 is 5.32 Å². The van der Waals surface area contributed by atoms with E-state index in [1.54, 1.807) is 47.3 Å². The van der Waals surface area contributed by atoms with Crippen LogP contribution in [0.15, 0.2) is 65.3 Å². The van der Waals surface area contributed by atoms with Crippen molar-refractivity contribution in [2.45, 2.75) is 26.9 Å². The Labute approximate surface area is 187 Å². The van der Waals surface area contributed by atoms with E-state index in [0.717, 1.165) is 21.4 Å². The Hall–Kier alpha value is -3.26. The van der Waals surface area contributed by atoms with Gasteiger partial charge in [-0.05, 0) is 53.5 Å². The van der Waals surface area contributed by atoms with Gasteiger partial charge in [0.1, 0.15) is 5.82 Å². The van der Waals surface area contributed by atoms with Crippen LogP contribution in [0.5, 0.6) is 0 Å². The summed E-state index contributed by atoms with van der Waals surface area (Å²) in [5.41, 5.74) is 4.12. The number of amides is 1. The predicted molar refractivity (Wildman–Crippen MR) is 121 cm³/mol. The molecule has 2 aromatic carbocycles. The van der Waals surface area contributed by atoms with Crippen molar-refractivity contribution in [1.29, 1.82) is 0 Å². The van der Waals surface area contributed by atoms with Crippen LogP contribution in [0.1, 0.15) is 32.9 Å². The van der Waals surface area contributed by atoms with E-state index >= 15 is 0 Å². The van der Waals surface area contributed by atoms with Gasteiger partial charge in [0.15, 0.2) is 5.82 Å². The molecular formula is C23H21BrFN5O. The van der Waals surface area contributed by atoms with Crippen LogP contribution in [-0.2, 0) is 13.1 Å². The van der Waals surface area contributed by atoms with E-state index in [9.17, 15) is 9.18 Å². The van der Waals surface area contributed by atoms with Crippen molar-refractivity contribution < 1.29 is 9.18 Å². The molecule has 0 fully saturated rings. The maximum Gasteiger partial charge on any atom is 0.256 e. The van der Waals surface area contributed by atoms with Crippen molar-refractivity contribution >= 4 is 27.7 Å². The zero-order valence-electron chi connectivity index (χ0n) is 17.1. The Morgan fingerprint density at radius 3 is 2.45 bits per heavy atom. The van der Waals surface area contributed by atoms with E-state index in [0.29, 0.717) is 30.0 Å². The van der Waals surface area contributed by atoms with Crippen molar-refractivity contribution in [2.75, 3.05) is 5.32 Å². The quantitative estimate of drug-likeness (QED) is 0.423. The first kappa shape index (κ1) is 21.0. The van der Waals surface area contributed by atoms with E-state index in [-0.39, 0.29) is 11.7 Å². The van der Waals surface area contributed by atoms with Gasteiger partial charge in [-0.1, -0.05) is 30.3 Å². The fourth-order valence-corrected chi connectivity index (χ4v) is 3.55. The van der Waals surface area contributed by atoms with Gasteiger partial charge in [0.2, 0.25) is 0 Å². The highest BCUT2D eigenvalue weighted by atomic mass is 79.9. The number of aromatic nitrogens is 4. The molecule has 0 aliphatic heterocycles. The van der Waals surface area contributed by atoms with E-state index in [4.69, 9.17) is 0 Å². The monoisotopic (exact) mass is 481 g/mol. The standard InChI is InChI=1S/C23H21BrFN5O/c1-15-22(24)16(2)30(27-15)13-17-7-9-18(10-8-17)23(31)26-21-11-12-29(28-21)14-19-5-3-4-6-20(19)25/h3-12H,13-14H2,1-2H3,(H,26,28,31). The largest absolute Gasteiger partial charge is 0.305 e. The zero-order chi connectivity index (χ0) is 22.0. The van der Waals surface area contributed by atoms with Crippen LogP contribution in [0.3, 0.4) is 0 Å². The predicted octanol–water partition coefficient (Wildman–Crippen LogP) is 4.95. The van der Waals surface area contributed by atoms with Crippen molar-refractivity contribution in [3.63, 3.8) is 0 Å². The van der Waals surface area contributed by atoms with Crippen LogP contribution in [0.25, 0.3) is 0 Å². The highest BCUT2D eigenvalue weighted by Crippen LogP contribution is 2.21. The number of aryl methyl sites for hydroxylation is 1. The number of rotatable bonds is 6. The summed E-state index contributed by atoms with van der Waals surface area (Å²) >= 11 is 3.54. The van der Waals surface area contributed by atoms with Gasteiger partial charge in [0, 0.05) is 23.4 Å². The van der Waals surface area contributed by atoms with E-state index < -0.39 is 0 Å². The summed E-state index contributed by atoms with van der Waals surface area (Å²) in [5, 5.41) is 11.6. The number of carbonyl (C=O) groups is 1. The molecule has 0 aliphatic rings. The lowest BCUT2D eigenvalue weighted by Gasteiger charge is -2.07. The third-order valence-electron chi connectivity index (χ3n) is 5.01. The van der Waals surface area contributed by atoms with Crippen LogP contribution in [0.2, 0.25) is 0 Å². The summed E-state index contributed by atoms with van der Waals surface area (Å²) < 4.78 is 18.3. The van der Waals surface area contributed by atoms with Crippen LogP contribution >= 0.6 is 15.9 Å². The van der Waals surface area contributed by atoms with Gasteiger partial charge in [0.25, 0.3) is 5.91 Å². The minimum absolute atomic E-state index is 0.253. The molecule has 4 rings (SSSR count). The molecular weight excluding hydrogens is 461 g/mol. The number of anilines is 1. The molecule has 0 atom stereocenters. The number of hydrogen-bond donors (Lipinski definition) is 1. The Bertz CT molecular complexity index is 1230. The Kier molecular flexibility index (Phi) is 5.99. The van der Waals surface area contributed by atoms with Crippen molar-refractivity contribution in [3.8, 4) is 0 Å². The Morgan fingerprint density at radius 2 is 1.77 bits per heavy atom. The van der Waals surface area contributed by atoms with Gasteiger partial charge in [0.05, 0.1) is 29.0 Å². The lowest BCUT2D eigenvalue weighted by atomic mass is 10.1.